The lowest BCUT2D eigenvalue weighted by Crippen LogP contribution is -2.24. The maximum Gasteiger partial charge on any atom is 0.264 e. The van der Waals surface area contributed by atoms with E-state index in [2.05, 4.69) is 32.5 Å². The fourth-order valence-corrected chi connectivity index (χ4v) is 3.96. The van der Waals surface area contributed by atoms with Crippen LogP contribution < -0.4 is 15.0 Å². The molecule has 1 saturated heterocycles. The molecule has 3 aromatic rings. The average molecular weight is 398 g/mol. The van der Waals surface area contributed by atoms with Crippen molar-refractivity contribution in [3.8, 4) is 5.75 Å². The summed E-state index contributed by atoms with van der Waals surface area (Å²) in [7, 11) is 0. The quantitative estimate of drug-likeness (QED) is 0.705. The molecule has 146 valence electrons. The number of anilines is 2. The number of hydrogen-bond donors (Lipinski definition) is 1. The zero-order valence-electron chi connectivity index (χ0n) is 15.9. The van der Waals surface area contributed by atoms with Gasteiger partial charge in [-0.25, -0.2) is 4.98 Å². The first-order chi connectivity index (χ1) is 13.7. The Bertz CT molecular complexity index is 966. The van der Waals surface area contributed by atoms with Crippen LogP contribution in [0.4, 0.5) is 10.9 Å². The Morgan fingerprint density at radius 2 is 1.96 bits per heavy atom. The zero-order chi connectivity index (χ0) is 19.3. The number of ether oxygens (including phenoxy) is 1. The van der Waals surface area contributed by atoms with Gasteiger partial charge in [-0.2, -0.15) is 0 Å². The second kappa shape index (κ2) is 8.52. The molecule has 1 fully saturated rings. The van der Waals surface area contributed by atoms with E-state index in [4.69, 9.17) is 9.72 Å². The highest BCUT2D eigenvalue weighted by Gasteiger charge is 2.14. The van der Waals surface area contributed by atoms with E-state index in [0.717, 1.165) is 34.8 Å². The number of benzene rings is 1. The largest absolute Gasteiger partial charge is 0.481 e. The summed E-state index contributed by atoms with van der Waals surface area (Å²) in [6, 6.07) is 9.91. The summed E-state index contributed by atoms with van der Waals surface area (Å²) in [5, 5.41) is 12.8. The molecule has 1 N–H and O–H groups in total. The molecule has 2 aromatic heterocycles. The van der Waals surface area contributed by atoms with Crippen molar-refractivity contribution in [2.24, 2.45) is 0 Å². The maximum absolute atomic E-state index is 12.2. The molecular weight excluding hydrogens is 374 g/mol. The molecule has 4 rings (SSSR count). The van der Waals surface area contributed by atoms with Crippen LogP contribution in [-0.4, -0.2) is 40.8 Å². The van der Waals surface area contributed by atoms with E-state index in [-0.39, 0.29) is 12.5 Å². The van der Waals surface area contributed by atoms with Crippen molar-refractivity contribution in [1.29, 1.82) is 0 Å². The lowest BCUT2D eigenvalue weighted by atomic mass is 10.2. The highest BCUT2D eigenvalue weighted by molar-refractivity contribution is 7.15. The highest BCUT2D eigenvalue weighted by Crippen LogP contribution is 2.27. The van der Waals surface area contributed by atoms with E-state index in [1.165, 1.54) is 37.0 Å². The van der Waals surface area contributed by atoms with Crippen molar-refractivity contribution < 1.29 is 9.53 Å². The Hall–Kier alpha value is -2.74. The third kappa shape index (κ3) is 4.39. The number of carbonyl (C=O) groups is 1. The third-order valence-corrected chi connectivity index (χ3v) is 5.48. The molecule has 7 nitrogen and oxygen atoms in total. The minimum Gasteiger partial charge on any atom is -0.481 e. The van der Waals surface area contributed by atoms with Crippen LogP contribution in [-0.2, 0) is 4.79 Å². The van der Waals surface area contributed by atoms with Crippen molar-refractivity contribution in [3.63, 3.8) is 0 Å². The molecule has 1 amide bonds. The van der Waals surface area contributed by atoms with Crippen LogP contribution in [0.2, 0.25) is 0 Å². The van der Waals surface area contributed by atoms with Crippen LogP contribution in [0.5, 0.6) is 5.75 Å². The Morgan fingerprint density at radius 3 is 2.71 bits per heavy atom. The fourth-order valence-electron chi connectivity index (χ4n) is 3.35. The van der Waals surface area contributed by atoms with Gasteiger partial charge in [0.1, 0.15) is 22.1 Å². The van der Waals surface area contributed by atoms with Crippen molar-refractivity contribution >= 4 is 39.1 Å². The number of aryl methyl sites for hydroxylation is 1. The van der Waals surface area contributed by atoms with Crippen molar-refractivity contribution in [1.82, 2.24) is 15.2 Å². The summed E-state index contributed by atoms with van der Waals surface area (Å²) in [4.78, 5) is 19.4. The van der Waals surface area contributed by atoms with Crippen molar-refractivity contribution in [2.45, 2.75) is 32.6 Å². The highest BCUT2D eigenvalue weighted by atomic mass is 32.1. The van der Waals surface area contributed by atoms with Crippen molar-refractivity contribution in [2.75, 3.05) is 29.9 Å². The van der Waals surface area contributed by atoms with Gasteiger partial charge in [-0.3, -0.25) is 10.1 Å². The molecule has 1 aliphatic heterocycles. The van der Waals surface area contributed by atoms with Crippen LogP contribution in [0.3, 0.4) is 0 Å². The molecule has 0 aliphatic carbocycles. The summed E-state index contributed by atoms with van der Waals surface area (Å²) < 4.78 is 5.79. The predicted octanol–water partition coefficient (Wildman–Crippen LogP) is 3.79. The van der Waals surface area contributed by atoms with Gasteiger partial charge in [0.25, 0.3) is 5.91 Å². The standard InChI is InChI=1S/C20H23N5O2S/c1-14-23-24-20(28-14)22-18(26)13-27-16-8-6-7-15-9-10-17(21-19(15)16)25-11-4-2-3-5-12-25/h6-10H,2-5,11-13H2,1H3,(H,22,24,26). The Labute approximate surface area is 167 Å². The van der Waals surface area contributed by atoms with E-state index in [9.17, 15) is 4.79 Å². The van der Waals surface area contributed by atoms with Gasteiger partial charge in [-0.15, -0.1) is 10.2 Å². The van der Waals surface area contributed by atoms with Gasteiger partial charge in [0.15, 0.2) is 6.61 Å². The minimum absolute atomic E-state index is 0.104. The van der Waals surface area contributed by atoms with Crippen LogP contribution in [0, 0.1) is 6.92 Å². The summed E-state index contributed by atoms with van der Waals surface area (Å²) in [6.45, 7) is 3.80. The number of nitrogens with zero attached hydrogens (tertiary/aromatic N) is 4. The number of hydrogen-bond acceptors (Lipinski definition) is 7. The fraction of sp³-hybridized carbons (Fsp3) is 0.400. The monoisotopic (exact) mass is 397 g/mol. The number of fused-ring (bicyclic) bond motifs is 1. The lowest BCUT2D eigenvalue weighted by molar-refractivity contribution is -0.118. The summed E-state index contributed by atoms with van der Waals surface area (Å²) in [5.74, 6) is 1.31. The molecule has 8 heteroatoms. The average Bonchev–Trinajstić information content (AvgIpc) is 2.94. The molecule has 1 aliphatic rings. The number of nitrogens with one attached hydrogen (secondary N) is 1. The number of pyridine rings is 1. The molecule has 0 saturated carbocycles. The lowest BCUT2D eigenvalue weighted by Gasteiger charge is -2.22. The van der Waals surface area contributed by atoms with Gasteiger partial charge in [0.05, 0.1) is 0 Å². The topological polar surface area (TPSA) is 80.2 Å². The van der Waals surface area contributed by atoms with E-state index in [0.29, 0.717) is 10.9 Å². The Balaban J connectivity index is 1.49. The van der Waals surface area contributed by atoms with Gasteiger partial charge in [-0.1, -0.05) is 36.3 Å². The Kier molecular flexibility index (Phi) is 5.66. The summed E-state index contributed by atoms with van der Waals surface area (Å²) in [5.41, 5.74) is 0.781. The number of rotatable bonds is 5. The molecule has 28 heavy (non-hydrogen) atoms. The van der Waals surface area contributed by atoms with E-state index in [1.807, 2.05) is 25.1 Å². The smallest absolute Gasteiger partial charge is 0.264 e. The number of amides is 1. The van der Waals surface area contributed by atoms with Crippen LogP contribution in [0.25, 0.3) is 10.9 Å². The number of carbonyl (C=O) groups excluding carboxylic acids is 1. The molecule has 1 aromatic carbocycles. The first kappa shape index (κ1) is 18.6. The molecule has 0 bridgehead atoms. The summed E-state index contributed by atoms with van der Waals surface area (Å²) >= 11 is 1.33. The van der Waals surface area contributed by atoms with Crippen LogP contribution in [0.15, 0.2) is 30.3 Å². The van der Waals surface area contributed by atoms with Crippen LogP contribution >= 0.6 is 11.3 Å². The first-order valence-electron chi connectivity index (χ1n) is 9.56. The SMILES string of the molecule is Cc1nnc(NC(=O)COc2cccc3ccc(N4CCCCCC4)nc23)s1. The van der Waals surface area contributed by atoms with Gasteiger partial charge in [0, 0.05) is 18.5 Å². The second-order valence-corrected chi connectivity index (χ2v) is 8.04. The predicted molar refractivity (Wildman–Crippen MR) is 111 cm³/mol. The molecule has 0 unspecified atom stereocenters. The van der Waals surface area contributed by atoms with Gasteiger partial charge >= 0.3 is 0 Å². The summed E-state index contributed by atoms with van der Waals surface area (Å²) in [6.07, 6.45) is 4.95. The van der Waals surface area contributed by atoms with Crippen LogP contribution in [0.1, 0.15) is 30.7 Å². The third-order valence-electron chi connectivity index (χ3n) is 4.73. The molecule has 0 atom stereocenters. The van der Waals surface area contributed by atoms with E-state index in [1.54, 1.807) is 0 Å². The molecule has 3 heterocycles. The van der Waals surface area contributed by atoms with Crippen molar-refractivity contribution in [3.05, 3.63) is 35.3 Å². The van der Waals surface area contributed by atoms with Gasteiger partial charge in [0.2, 0.25) is 5.13 Å². The maximum atomic E-state index is 12.2. The zero-order valence-corrected chi connectivity index (χ0v) is 16.7. The Morgan fingerprint density at radius 1 is 1.14 bits per heavy atom. The minimum atomic E-state index is -0.267. The van der Waals surface area contributed by atoms with E-state index < -0.39 is 0 Å². The van der Waals surface area contributed by atoms with Gasteiger partial charge < -0.3 is 9.64 Å². The molecule has 0 spiro atoms. The van der Waals surface area contributed by atoms with Gasteiger partial charge in [-0.05, 0) is 38.0 Å². The number of aromatic nitrogens is 3. The second-order valence-electron chi connectivity index (χ2n) is 6.86. The molecular formula is C20H23N5O2S. The number of para-hydroxylation sites is 1. The first-order valence-corrected chi connectivity index (χ1v) is 10.4. The molecule has 0 radical (unpaired) electrons. The normalized spacial score (nSPS) is 14.7. The van der Waals surface area contributed by atoms with E-state index >= 15 is 0 Å².